The normalized spacial score (nSPS) is 26.6. The van der Waals surface area contributed by atoms with Gasteiger partial charge in [0.2, 0.25) is 0 Å². The van der Waals surface area contributed by atoms with E-state index in [1.807, 2.05) is 0 Å². The van der Waals surface area contributed by atoms with E-state index in [1.165, 1.54) is 50.4 Å². The van der Waals surface area contributed by atoms with Crippen molar-refractivity contribution in [1.82, 2.24) is 10.3 Å². The number of nitrogens with zero attached hydrogens (tertiary/aromatic N) is 2. The topological polar surface area (TPSA) is 28.2 Å². The third-order valence-corrected chi connectivity index (χ3v) is 5.55. The van der Waals surface area contributed by atoms with Gasteiger partial charge in [0.05, 0.1) is 0 Å². The molecule has 2 fully saturated rings. The van der Waals surface area contributed by atoms with E-state index in [0.717, 1.165) is 16.6 Å². The monoisotopic (exact) mass is 315 g/mol. The van der Waals surface area contributed by atoms with E-state index in [0.29, 0.717) is 0 Å². The molecule has 2 aliphatic rings. The second kappa shape index (κ2) is 5.24. The number of nitrogens with one attached hydrogen (secondary N) is 1. The Morgan fingerprint density at radius 3 is 2.76 bits per heavy atom. The van der Waals surface area contributed by atoms with Gasteiger partial charge >= 0.3 is 0 Å². The molecule has 0 saturated carbocycles. The number of aromatic nitrogens is 1. The quantitative estimate of drug-likeness (QED) is 0.909. The lowest BCUT2D eigenvalue weighted by atomic mass is 9.89. The molecule has 3 heterocycles. The van der Waals surface area contributed by atoms with Gasteiger partial charge in [-0.1, -0.05) is 0 Å². The van der Waals surface area contributed by atoms with Crippen molar-refractivity contribution in [2.45, 2.75) is 31.7 Å². The van der Waals surface area contributed by atoms with Gasteiger partial charge in [0, 0.05) is 24.5 Å². The summed E-state index contributed by atoms with van der Waals surface area (Å²) in [6.45, 7) is 3.57. The Morgan fingerprint density at radius 1 is 1.35 bits per heavy atom. The van der Waals surface area contributed by atoms with Crippen LogP contribution in [0.5, 0.6) is 0 Å². The van der Waals surface area contributed by atoms with E-state index < -0.39 is 0 Å². The second-order valence-electron chi connectivity index (χ2n) is 4.98. The summed E-state index contributed by atoms with van der Waals surface area (Å²) < 4.78 is 0.970. The fourth-order valence-electron chi connectivity index (χ4n) is 3.00. The van der Waals surface area contributed by atoms with Crippen LogP contribution in [-0.2, 0) is 0 Å². The summed E-state index contributed by atoms with van der Waals surface area (Å²) in [4.78, 5) is 6.93. The molecule has 3 nitrogen and oxygen atoms in total. The standard InChI is InChI=1S/C12H18BrN3S/c13-11-8-17-12(15-11)16-6-3-9(4-7-16)10-2-1-5-14-10/h8-10,14H,1-7H2. The fraction of sp³-hybridized carbons (Fsp3) is 0.750. The first-order valence-electron chi connectivity index (χ1n) is 6.42. The lowest BCUT2D eigenvalue weighted by Crippen LogP contribution is -2.40. The highest BCUT2D eigenvalue weighted by Crippen LogP contribution is 2.30. The maximum absolute atomic E-state index is 4.50. The smallest absolute Gasteiger partial charge is 0.186 e. The van der Waals surface area contributed by atoms with Crippen molar-refractivity contribution in [3.05, 3.63) is 9.98 Å². The van der Waals surface area contributed by atoms with Crippen LogP contribution in [0, 0.1) is 5.92 Å². The van der Waals surface area contributed by atoms with Crippen molar-refractivity contribution >= 4 is 32.4 Å². The van der Waals surface area contributed by atoms with Gasteiger partial charge in [-0.15, -0.1) is 11.3 Å². The van der Waals surface area contributed by atoms with Crippen LogP contribution in [0.3, 0.4) is 0 Å². The molecule has 0 spiro atoms. The lowest BCUT2D eigenvalue weighted by Gasteiger charge is -2.34. The molecule has 1 unspecified atom stereocenters. The Morgan fingerprint density at radius 2 is 2.18 bits per heavy atom. The zero-order chi connectivity index (χ0) is 11.7. The fourth-order valence-corrected chi connectivity index (χ4v) is 4.30. The van der Waals surface area contributed by atoms with Gasteiger partial charge in [-0.2, -0.15) is 0 Å². The van der Waals surface area contributed by atoms with Crippen LogP contribution in [0.25, 0.3) is 0 Å². The SMILES string of the molecule is Brc1csc(N2CCC(C3CCCN3)CC2)n1. The highest BCUT2D eigenvalue weighted by Gasteiger charge is 2.28. The van der Waals surface area contributed by atoms with Gasteiger partial charge in [-0.3, -0.25) is 0 Å². The van der Waals surface area contributed by atoms with Crippen LogP contribution < -0.4 is 10.2 Å². The minimum Gasteiger partial charge on any atom is -0.348 e. The van der Waals surface area contributed by atoms with E-state index in [1.54, 1.807) is 11.3 Å². The third-order valence-electron chi connectivity index (χ3n) is 3.94. The van der Waals surface area contributed by atoms with Gasteiger partial charge in [0.25, 0.3) is 0 Å². The molecule has 17 heavy (non-hydrogen) atoms. The summed E-state index contributed by atoms with van der Waals surface area (Å²) >= 11 is 5.17. The summed E-state index contributed by atoms with van der Waals surface area (Å²) in [5, 5.41) is 6.89. The van der Waals surface area contributed by atoms with Gasteiger partial charge < -0.3 is 10.2 Å². The Balaban J connectivity index is 1.56. The number of thiazole rings is 1. The molecule has 0 bridgehead atoms. The Hall–Kier alpha value is -0.130. The van der Waals surface area contributed by atoms with Crippen molar-refractivity contribution < 1.29 is 0 Å². The largest absolute Gasteiger partial charge is 0.348 e. The predicted molar refractivity (Wildman–Crippen MR) is 75.8 cm³/mol. The van der Waals surface area contributed by atoms with Crippen LogP contribution in [0.1, 0.15) is 25.7 Å². The van der Waals surface area contributed by atoms with Crippen molar-refractivity contribution in [2.75, 3.05) is 24.5 Å². The van der Waals surface area contributed by atoms with Crippen molar-refractivity contribution in [3.63, 3.8) is 0 Å². The molecule has 3 rings (SSSR count). The average Bonchev–Trinajstić information content (AvgIpc) is 3.00. The highest BCUT2D eigenvalue weighted by atomic mass is 79.9. The molecule has 2 aliphatic heterocycles. The van der Waals surface area contributed by atoms with Crippen molar-refractivity contribution in [1.29, 1.82) is 0 Å². The lowest BCUT2D eigenvalue weighted by molar-refractivity contribution is 0.319. The first-order chi connectivity index (χ1) is 8.33. The third kappa shape index (κ3) is 2.66. The van der Waals surface area contributed by atoms with Crippen molar-refractivity contribution in [2.24, 2.45) is 5.92 Å². The van der Waals surface area contributed by atoms with Crippen LogP contribution in [-0.4, -0.2) is 30.7 Å². The van der Waals surface area contributed by atoms with Gasteiger partial charge in [0.15, 0.2) is 5.13 Å². The summed E-state index contributed by atoms with van der Waals surface area (Å²) in [5.74, 6) is 0.886. The van der Waals surface area contributed by atoms with E-state index in [2.05, 4.69) is 36.5 Å². The number of piperidine rings is 1. The first-order valence-corrected chi connectivity index (χ1v) is 8.09. The number of hydrogen-bond acceptors (Lipinski definition) is 4. The van der Waals surface area contributed by atoms with Gasteiger partial charge in [-0.25, -0.2) is 4.98 Å². The summed E-state index contributed by atoms with van der Waals surface area (Å²) in [7, 11) is 0. The highest BCUT2D eigenvalue weighted by molar-refractivity contribution is 9.10. The maximum Gasteiger partial charge on any atom is 0.186 e. The molecule has 0 amide bonds. The molecule has 1 atom stereocenters. The number of hydrogen-bond donors (Lipinski definition) is 1. The predicted octanol–water partition coefficient (Wildman–Crippen LogP) is 2.87. The minimum atomic E-state index is 0.792. The Bertz CT molecular complexity index is 368. The van der Waals surface area contributed by atoms with E-state index in [-0.39, 0.29) is 0 Å². The first kappa shape index (κ1) is 11.9. The summed E-state index contributed by atoms with van der Waals surface area (Å²) in [6, 6.07) is 0.792. The average molecular weight is 316 g/mol. The number of rotatable bonds is 2. The molecule has 2 saturated heterocycles. The van der Waals surface area contributed by atoms with Gasteiger partial charge in [0.1, 0.15) is 4.60 Å². The summed E-state index contributed by atoms with van der Waals surface area (Å²) in [5.41, 5.74) is 0. The van der Waals surface area contributed by atoms with Gasteiger partial charge in [-0.05, 0) is 54.1 Å². The number of anilines is 1. The zero-order valence-corrected chi connectivity index (χ0v) is 12.3. The molecule has 1 aromatic rings. The van der Waals surface area contributed by atoms with Crippen molar-refractivity contribution in [3.8, 4) is 0 Å². The molecule has 94 valence electrons. The van der Waals surface area contributed by atoms with Crippen LogP contribution in [0.4, 0.5) is 5.13 Å². The molecule has 1 N–H and O–H groups in total. The molecule has 5 heteroatoms. The second-order valence-corrected chi connectivity index (χ2v) is 6.63. The molecule has 0 aliphatic carbocycles. The van der Waals surface area contributed by atoms with E-state index >= 15 is 0 Å². The molecule has 0 radical (unpaired) electrons. The number of halogens is 1. The minimum absolute atomic E-state index is 0.792. The van der Waals surface area contributed by atoms with Crippen LogP contribution in [0.2, 0.25) is 0 Å². The maximum atomic E-state index is 4.50. The molecular formula is C12H18BrN3S. The van der Waals surface area contributed by atoms with E-state index in [4.69, 9.17) is 0 Å². The van der Waals surface area contributed by atoms with E-state index in [9.17, 15) is 0 Å². The van der Waals surface area contributed by atoms with Crippen LogP contribution in [0.15, 0.2) is 9.98 Å². The van der Waals surface area contributed by atoms with Crippen LogP contribution >= 0.6 is 27.3 Å². The Labute approximate surface area is 115 Å². The Kier molecular flexibility index (Phi) is 3.68. The zero-order valence-electron chi connectivity index (χ0n) is 9.86. The molecular weight excluding hydrogens is 298 g/mol. The summed E-state index contributed by atoms with van der Waals surface area (Å²) in [6.07, 6.45) is 5.38. The molecule has 1 aromatic heterocycles. The molecule has 0 aromatic carbocycles.